The van der Waals surface area contributed by atoms with E-state index in [1.54, 1.807) is 18.2 Å². The van der Waals surface area contributed by atoms with Gasteiger partial charge in [-0.05, 0) is 54.6 Å². The zero-order chi connectivity index (χ0) is 26.1. The lowest BCUT2D eigenvalue weighted by Gasteiger charge is -2.18. The van der Waals surface area contributed by atoms with Crippen molar-refractivity contribution in [1.82, 2.24) is 0 Å². The molecule has 6 nitrogen and oxygen atoms in total. The van der Waals surface area contributed by atoms with Crippen LogP contribution >= 0.6 is 0 Å². The molecule has 6 rings (SSSR count). The molecule has 0 radical (unpaired) electrons. The Morgan fingerprint density at radius 1 is 0.684 bits per heavy atom. The lowest BCUT2D eigenvalue weighted by molar-refractivity contribution is 0.483. The molecule has 0 saturated heterocycles. The van der Waals surface area contributed by atoms with Gasteiger partial charge in [0, 0.05) is 45.6 Å². The van der Waals surface area contributed by atoms with Crippen molar-refractivity contribution in [3.63, 3.8) is 0 Å². The summed E-state index contributed by atoms with van der Waals surface area (Å²) in [5, 5.41) is 4.77. The molecule has 0 spiro atoms. The van der Waals surface area contributed by atoms with Crippen LogP contribution in [-0.2, 0) is 10.1 Å². The minimum atomic E-state index is -4.48. The van der Waals surface area contributed by atoms with Crippen LogP contribution in [0.5, 0.6) is 0 Å². The summed E-state index contributed by atoms with van der Waals surface area (Å²) in [4.78, 5) is 4.53. The average molecular weight is 519 g/mol. The van der Waals surface area contributed by atoms with E-state index in [2.05, 4.69) is 5.32 Å². The number of fused-ring (bicyclic) bond motifs is 2. The Hall–Kier alpha value is -4.72. The van der Waals surface area contributed by atoms with Gasteiger partial charge in [-0.15, -0.1) is 0 Å². The number of hydrogen-bond acceptors (Lipinski definition) is 5. The van der Waals surface area contributed by atoms with Crippen molar-refractivity contribution >= 4 is 38.1 Å². The third-order valence-corrected chi connectivity index (χ3v) is 7.13. The van der Waals surface area contributed by atoms with Crippen molar-refractivity contribution < 1.29 is 17.4 Å². The summed E-state index contributed by atoms with van der Waals surface area (Å²) >= 11 is 0. The number of benzene rings is 5. The van der Waals surface area contributed by atoms with Crippen LogP contribution in [0.2, 0.25) is 0 Å². The molecule has 7 heteroatoms. The molecule has 2 N–H and O–H groups in total. The Balaban J connectivity index is 1.62. The predicted molar refractivity (Wildman–Crippen MR) is 149 cm³/mol. The molecule has 2 aliphatic rings. The van der Waals surface area contributed by atoms with Crippen molar-refractivity contribution in [2.45, 2.75) is 4.90 Å². The summed E-state index contributed by atoms with van der Waals surface area (Å²) in [5.74, 6) is 0.534. The van der Waals surface area contributed by atoms with Crippen molar-refractivity contribution in [2.75, 3.05) is 5.32 Å². The summed E-state index contributed by atoms with van der Waals surface area (Å²) in [5.41, 5.74) is 4.82. The predicted octanol–water partition coefficient (Wildman–Crippen LogP) is 7.43. The highest BCUT2D eigenvalue weighted by atomic mass is 32.2. The van der Waals surface area contributed by atoms with Crippen molar-refractivity contribution in [2.24, 2.45) is 4.99 Å². The summed E-state index contributed by atoms with van der Waals surface area (Å²) in [6.45, 7) is 0. The van der Waals surface area contributed by atoms with E-state index in [-0.39, 0.29) is 4.90 Å². The van der Waals surface area contributed by atoms with Crippen LogP contribution in [0.25, 0.3) is 33.4 Å². The second-order valence-electron chi connectivity index (χ2n) is 8.78. The summed E-state index contributed by atoms with van der Waals surface area (Å²) < 4.78 is 41.0. The maximum absolute atomic E-state index is 12.3. The van der Waals surface area contributed by atoms with Crippen LogP contribution in [-0.4, -0.2) is 13.0 Å². The van der Waals surface area contributed by atoms with Gasteiger partial charge in [0.1, 0.15) is 16.2 Å². The maximum atomic E-state index is 12.3. The summed E-state index contributed by atoms with van der Waals surface area (Å²) in [6, 6.07) is 37.0. The fraction of sp³-hybridized carbons (Fsp3) is 0. The Morgan fingerprint density at radius 3 is 2.16 bits per heavy atom. The first-order valence-electron chi connectivity index (χ1n) is 12.0. The highest BCUT2D eigenvalue weighted by molar-refractivity contribution is 7.86. The minimum absolute atomic E-state index is 0.168. The molecule has 186 valence electrons. The third kappa shape index (κ3) is 4.68. The first-order valence-corrected chi connectivity index (χ1v) is 13.4. The highest BCUT2D eigenvalue weighted by Crippen LogP contribution is 2.42. The fourth-order valence-corrected chi connectivity index (χ4v) is 5.25. The topological polar surface area (TPSA) is 91.9 Å². The molecule has 0 aromatic heterocycles. The lowest BCUT2D eigenvalue weighted by Crippen LogP contribution is -2.04. The summed E-state index contributed by atoms with van der Waals surface area (Å²) in [6.07, 6.45) is 0. The van der Waals surface area contributed by atoms with Gasteiger partial charge in [0.05, 0.1) is 11.0 Å². The molecule has 0 bridgehead atoms. The van der Waals surface area contributed by atoms with Gasteiger partial charge in [0.2, 0.25) is 0 Å². The Kier molecular flexibility index (Phi) is 5.99. The van der Waals surface area contributed by atoms with Crippen LogP contribution < -0.4 is 10.7 Å². The number of anilines is 2. The van der Waals surface area contributed by atoms with Gasteiger partial charge in [-0.3, -0.25) is 4.55 Å². The first-order chi connectivity index (χ1) is 18.5. The number of hydrogen-bond donors (Lipinski definition) is 2. The number of para-hydroxylation sites is 2. The molecule has 38 heavy (non-hydrogen) atoms. The van der Waals surface area contributed by atoms with E-state index in [4.69, 9.17) is 9.41 Å². The van der Waals surface area contributed by atoms with Crippen LogP contribution in [0.4, 0.5) is 17.1 Å². The number of nitrogens with zero attached hydrogens (tertiary/aromatic N) is 1. The van der Waals surface area contributed by atoms with E-state index in [0.717, 1.165) is 17.1 Å². The Labute approximate surface area is 219 Å². The zero-order valence-corrected chi connectivity index (χ0v) is 20.9. The smallest absolute Gasteiger partial charge is 0.295 e. The van der Waals surface area contributed by atoms with E-state index < -0.39 is 10.1 Å². The number of rotatable bonds is 5. The van der Waals surface area contributed by atoms with Crippen LogP contribution in [0.3, 0.4) is 0 Å². The van der Waals surface area contributed by atoms with Crippen LogP contribution in [0, 0.1) is 0 Å². The molecule has 1 aliphatic heterocycles. The molecule has 0 fully saturated rings. The Morgan fingerprint density at radius 2 is 1.39 bits per heavy atom. The molecule has 4 aromatic rings. The fourth-order valence-electron chi connectivity index (χ4n) is 4.55. The van der Waals surface area contributed by atoms with Crippen LogP contribution in [0.1, 0.15) is 0 Å². The number of nitrogens with one attached hydrogen (secondary N) is 1. The molecule has 4 aromatic carbocycles. The van der Waals surface area contributed by atoms with Crippen molar-refractivity contribution in [1.29, 1.82) is 0 Å². The molecule has 0 amide bonds. The summed E-state index contributed by atoms with van der Waals surface area (Å²) in [7, 11) is -4.48. The monoisotopic (exact) mass is 518 g/mol. The first kappa shape index (κ1) is 23.7. The van der Waals surface area contributed by atoms with E-state index in [0.29, 0.717) is 38.8 Å². The van der Waals surface area contributed by atoms with Crippen molar-refractivity contribution in [3.05, 3.63) is 127 Å². The Bertz CT molecular complexity index is 1920. The highest BCUT2D eigenvalue weighted by Gasteiger charge is 2.23. The molecule has 0 unspecified atom stereocenters. The molecular weight excluding hydrogens is 496 g/mol. The second-order valence-corrected chi connectivity index (χ2v) is 10.2. The van der Waals surface area contributed by atoms with Gasteiger partial charge in [-0.2, -0.15) is 8.42 Å². The molecule has 0 saturated carbocycles. The lowest BCUT2D eigenvalue weighted by atomic mass is 9.93. The van der Waals surface area contributed by atoms with E-state index in [9.17, 15) is 13.0 Å². The zero-order valence-electron chi connectivity index (χ0n) is 20.1. The van der Waals surface area contributed by atoms with Gasteiger partial charge in [0.15, 0.2) is 0 Å². The SMILES string of the molecule is O=S(=O)(O)c1ccccc1-c1c2cc/c(=N/c3ccccc3)cc-2oc2cc(Nc3ccccc3)ccc12. The van der Waals surface area contributed by atoms with Gasteiger partial charge < -0.3 is 9.73 Å². The normalized spacial score (nSPS) is 12.2. The molecular formula is C31H22N2O4S. The van der Waals surface area contributed by atoms with E-state index >= 15 is 0 Å². The van der Waals surface area contributed by atoms with E-state index in [1.165, 1.54) is 6.07 Å². The largest absolute Gasteiger partial charge is 0.456 e. The maximum Gasteiger partial charge on any atom is 0.295 e. The van der Waals surface area contributed by atoms with Gasteiger partial charge in [-0.1, -0.05) is 54.6 Å². The van der Waals surface area contributed by atoms with E-state index in [1.807, 2.05) is 97.1 Å². The van der Waals surface area contributed by atoms with Gasteiger partial charge in [0.25, 0.3) is 10.1 Å². The standard InChI is InChI=1S/C31H22N2O4S/c34-38(35,36)30-14-8-7-13-27(30)31-25-17-15-23(32-21-9-3-1-4-10-21)19-28(25)37-29-20-24(16-18-26(29)31)33-22-11-5-2-6-12-22/h1-20,32H,(H,34,35,36)/b33-24-. The van der Waals surface area contributed by atoms with Crippen molar-refractivity contribution in [3.8, 4) is 22.5 Å². The van der Waals surface area contributed by atoms with Gasteiger partial charge >= 0.3 is 0 Å². The third-order valence-electron chi connectivity index (χ3n) is 6.22. The second kappa shape index (κ2) is 9.63. The molecule has 1 heterocycles. The quantitative estimate of drug-likeness (QED) is 0.183. The average Bonchev–Trinajstić information content (AvgIpc) is 2.92. The van der Waals surface area contributed by atoms with Crippen LogP contribution in [0.15, 0.2) is 136 Å². The molecule has 1 aliphatic carbocycles. The molecule has 0 atom stereocenters. The minimum Gasteiger partial charge on any atom is -0.456 e. The van der Waals surface area contributed by atoms with Gasteiger partial charge in [-0.25, -0.2) is 4.99 Å².